The molecule has 1 aromatic heterocycles. The number of aryl methyl sites for hydroxylation is 1. The summed E-state index contributed by atoms with van der Waals surface area (Å²) >= 11 is 6.97. The van der Waals surface area contributed by atoms with Crippen LogP contribution >= 0.6 is 31.9 Å². The van der Waals surface area contributed by atoms with Gasteiger partial charge in [-0.25, -0.2) is 0 Å². The van der Waals surface area contributed by atoms with E-state index < -0.39 is 0 Å². The molecular weight excluding hydrogens is 398 g/mol. The van der Waals surface area contributed by atoms with Crippen molar-refractivity contribution in [3.8, 4) is 5.75 Å². The molecule has 0 aliphatic rings. The monoisotopic (exact) mass is 415 g/mol. The molecular formula is C16H19Br2NO2. The van der Waals surface area contributed by atoms with Crippen LogP contribution in [0.25, 0.3) is 0 Å². The number of nitrogens with one attached hydrogen (secondary N) is 1. The molecule has 1 heterocycles. The summed E-state index contributed by atoms with van der Waals surface area (Å²) in [6.45, 7) is 5.09. The number of halogens is 2. The number of hydrogen-bond donors (Lipinski definition) is 1. The Labute approximate surface area is 142 Å². The Morgan fingerprint density at radius 1 is 1.29 bits per heavy atom. The van der Waals surface area contributed by atoms with Crippen LogP contribution in [0.4, 0.5) is 0 Å². The zero-order chi connectivity index (χ0) is 15.4. The van der Waals surface area contributed by atoms with E-state index in [0.717, 1.165) is 44.7 Å². The van der Waals surface area contributed by atoms with Crippen LogP contribution in [0.15, 0.2) is 37.8 Å². The Hall–Kier alpha value is -0.780. The third kappa shape index (κ3) is 3.90. The third-order valence-corrected chi connectivity index (χ3v) is 4.58. The van der Waals surface area contributed by atoms with Gasteiger partial charge < -0.3 is 14.5 Å². The number of ether oxygens (including phenoxy) is 1. The lowest BCUT2D eigenvalue weighted by Gasteiger charge is -2.20. The van der Waals surface area contributed by atoms with Gasteiger partial charge in [0.25, 0.3) is 0 Å². The molecule has 114 valence electrons. The van der Waals surface area contributed by atoms with E-state index in [1.807, 2.05) is 25.1 Å². The number of hydrogen-bond acceptors (Lipinski definition) is 3. The van der Waals surface area contributed by atoms with Gasteiger partial charge in [-0.05, 0) is 65.6 Å². The molecule has 0 aliphatic heterocycles. The lowest BCUT2D eigenvalue weighted by Crippen LogP contribution is -2.23. The first-order chi connectivity index (χ1) is 10.1. The molecule has 1 N–H and O–H groups in total. The van der Waals surface area contributed by atoms with Crippen molar-refractivity contribution >= 4 is 31.9 Å². The van der Waals surface area contributed by atoms with Crippen LogP contribution in [0.1, 0.15) is 36.3 Å². The highest BCUT2D eigenvalue weighted by molar-refractivity contribution is 9.10. The topological polar surface area (TPSA) is 34.4 Å². The molecule has 0 fully saturated rings. The maximum atomic E-state index is 5.75. The third-order valence-electron chi connectivity index (χ3n) is 3.30. The Morgan fingerprint density at radius 3 is 2.62 bits per heavy atom. The molecule has 0 bridgehead atoms. The van der Waals surface area contributed by atoms with Gasteiger partial charge in [-0.3, -0.25) is 0 Å². The van der Waals surface area contributed by atoms with Crippen molar-refractivity contribution in [2.24, 2.45) is 0 Å². The first-order valence-corrected chi connectivity index (χ1v) is 8.48. The van der Waals surface area contributed by atoms with Gasteiger partial charge in [-0.2, -0.15) is 0 Å². The minimum absolute atomic E-state index is 0.0388. The summed E-state index contributed by atoms with van der Waals surface area (Å²) < 4.78 is 13.1. The highest BCUT2D eigenvalue weighted by Crippen LogP contribution is 2.35. The van der Waals surface area contributed by atoms with E-state index in [-0.39, 0.29) is 6.04 Å². The number of methoxy groups -OCH3 is 1. The lowest BCUT2D eigenvalue weighted by molar-refractivity contribution is 0.389. The first kappa shape index (κ1) is 16.6. The zero-order valence-electron chi connectivity index (χ0n) is 12.4. The lowest BCUT2D eigenvalue weighted by atomic mass is 10.0. The molecule has 1 aromatic carbocycles. The van der Waals surface area contributed by atoms with E-state index in [1.54, 1.807) is 7.11 Å². The van der Waals surface area contributed by atoms with Crippen molar-refractivity contribution in [1.82, 2.24) is 5.32 Å². The van der Waals surface area contributed by atoms with Crippen LogP contribution in [0.5, 0.6) is 5.75 Å². The largest absolute Gasteiger partial charge is 0.496 e. The van der Waals surface area contributed by atoms with Crippen LogP contribution in [-0.2, 0) is 0 Å². The Kier molecular flexibility index (Phi) is 5.90. The predicted octanol–water partition coefficient (Wildman–Crippen LogP) is 5.21. The standard InChI is InChI=1S/C16H19Br2NO2/c1-4-7-19-16(13-5-6-15(18)21-13)11-9-12(17)10(2)8-14(11)20-3/h5-6,8-9,16,19H,4,7H2,1-3H3. The molecule has 21 heavy (non-hydrogen) atoms. The predicted molar refractivity (Wildman–Crippen MR) is 92.0 cm³/mol. The molecule has 3 nitrogen and oxygen atoms in total. The first-order valence-electron chi connectivity index (χ1n) is 6.89. The van der Waals surface area contributed by atoms with Gasteiger partial charge in [0.1, 0.15) is 11.5 Å². The molecule has 1 atom stereocenters. The average molecular weight is 417 g/mol. The Morgan fingerprint density at radius 2 is 2.05 bits per heavy atom. The molecule has 5 heteroatoms. The van der Waals surface area contributed by atoms with E-state index in [0.29, 0.717) is 0 Å². The molecule has 1 unspecified atom stereocenters. The van der Waals surface area contributed by atoms with Crippen molar-refractivity contribution in [3.63, 3.8) is 0 Å². The van der Waals surface area contributed by atoms with E-state index in [4.69, 9.17) is 9.15 Å². The average Bonchev–Trinajstić information content (AvgIpc) is 2.89. The molecule has 0 amide bonds. The second kappa shape index (κ2) is 7.47. The second-order valence-corrected chi connectivity index (χ2v) is 6.51. The smallest absolute Gasteiger partial charge is 0.169 e. The highest BCUT2D eigenvalue weighted by atomic mass is 79.9. The molecule has 0 radical (unpaired) electrons. The van der Waals surface area contributed by atoms with Gasteiger partial charge in [-0.15, -0.1) is 0 Å². The maximum absolute atomic E-state index is 5.75. The summed E-state index contributed by atoms with van der Waals surface area (Å²) in [6.07, 6.45) is 1.05. The normalized spacial score (nSPS) is 12.4. The van der Waals surface area contributed by atoms with Crippen molar-refractivity contribution in [1.29, 1.82) is 0 Å². The van der Waals surface area contributed by atoms with E-state index in [9.17, 15) is 0 Å². The SMILES string of the molecule is CCCNC(c1ccc(Br)o1)c1cc(Br)c(C)cc1OC. The summed E-state index contributed by atoms with van der Waals surface area (Å²) in [5.74, 6) is 1.72. The highest BCUT2D eigenvalue weighted by Gasteiger charge is 2.22. The molecule has 0 spiro atoms. The molecule has 0 saturated heterocycles. The quantitative estimate of drug-likeness (QED) is 0.701. The summed E-state index contributed by atoms with van der Waals surface area (Å²) in [6, 6.07) is 7.98. The minimum Gasteiger partial charge on any atom is -0.496 e. The maximum Gasteiger partial charge on any atom is 0.169 e. The molecule has 2 aromatic rings. The summed E-state index contributed by atoms with van der Waals surface area (Å²) in [5, 5.41) is 3.52. The fourth-order valence-corrected chi connectivity index (χ4v) is 2.89. The van der Waals surface area contributed by atoms with Crippen molar-refractivity contribution in [2.45, 2.75) is 26.3 Å². The summed E-state index contributed by atoms with van der Waals surface area (Å²) in [5.41, 5.74) is 2.20. The van der Waals surface area contributed by atoms with Crippen LogP contribution in [0, 0.1) is 6.92 Å². The molecule has 2 rings (SSSR count). The van der Waals surface area contributed by atoms with Gasteiger partial charge >= 0.3 is 0 Å². The van der Waals surface area contributed by atoms with Crippen molar-refractivity contribution < 1.29 is 9.15 Å². The minimum atomic E-state index is -0.0388. The number of furan rings is 1. The van der Waals surface area contributed by atoms with Crippen molar-refractivity contribution in [2.75, 3.05) is 13.7 Å². The fourth-order valence-electron chi connectivity index (χ4n) is 2.21. The summed E-state index contributed by atoms with van der Waals surface area (Å²) in [7, 11) is 1.70. The van der Waals surface area contributed by atoms with E-state index in [1.165, 1.54) is 0 Å². The van der Waals surface area contributed by atoms with Gasteiger partial charge in [0.15, 0.2) is 4.67 Å². The fraction of sp³-hybridized carbons (Fsp3) is 0.375. The Bertz CT molecular complexity index is 610. The van der Waals surface area contributed by atoms with Gasteiger partial charge in [0.2, 0.25) is 0 Å². The van der Waals surface area contributed by atoms with Gasteiger partial charge in [0.05, 0.1) is 13.2 Å². The zero-order valence-corrected chi connectivity index (χ0v) is 15.5. The van der Waals surface area contributed by atoms with Gasteiger partial charge in [0, 0.05) is 10.0 Å². The van der Waals surface area contributed by atoms with Crippen LogP contribution in [0.3, 0.4) is 0 Å². The number of benzene rings is 1. The van der Waals surface area contributed by atoms with Crippen molar-refractivity contribution in [3.05, 3.63) is 50.3 Å². The van der Waals surface area contributed by atoms with Crippen LogP contribution < -0.4 is 10.1 Å². The van der Waals surface area contributed by atoms with Crippen LogP contribution in [0.2, 0.25) is 0 Å². The molecule has 0 aliphatic carbocycles. The van der Waals surface area contributed by atoms with E-state index in [2.05, 4.69) is 50.2 Å². The van der Waals surface area contributed by atoms with E-state index >= 15 is 0 Å². The van der Waals surface area contributed by atoms with Crippen LogP contribution in [-0.4, -0.2) is 13.7 Å². The van der Waals surface area contributed by atoms with Gasteiger partial charge in [-0.1, -0.05) is 22.9 Å². The summed E-state index contributed by atoms with van der Waals surface area (Å²) in [4.78, 5) is 0. The Balaban J connectivity index is 2.47. The number of rotatable bonds is 6. The molecule has 0 saturated carbocycles. The second-order valence-electron chi connectivity index (χ2n) is 4.87.